The van der Waals surface area contributed by atoms with Gasteiger partial charge < -0.3 is 8.94 Å². The predicted octanol–water partition coefficient (Wildman–Crippen LogP) is 3.06. The van der Waals surface area contributed by atoms with Gasteiger partial charge in [0.05, 0.1) is 6.07 Å². The summed E-state index contributed by atoms with van der Waals surface area (Å²) in [5.41, 5.74) is 0. The van der Waals surface area contributed by atoms with Gasteiger partial charge in [0.25, 0.3) is 9.68 Å². The van der Waals surface area contributed by atoms with Gasteiger partial charge in [0.1, 0.15) is 4.92 Å². The van der Waals surface area contributed by atoms with E-state index in [9.17, 15) is 10.1 Å². The highest BCUT2D eigenvalue weighted by atomic mass is 35.6. The molecule has 0 saturated heterocycles. The topological polar surface area (TPSA) is 95.2 Å². The molecule has 0 N–H and O–H groups in total. The van der Waals surface area contributed by atoms with Crippen molar-refractivity contribution in [3.8, 4) is 11.6 Å². The molecule has 17 heavy (non-hydrogen) atoms. The Hall–Kier alpha value is -1.31. The van der Waals surface area contributed by atoms with E-state index in [0.717, 1.165) is 6.07 Å². The summed E-state index contributed by atoms with van der Waals surface area (Å²) in [5.74, 6) is -0.697. The second-order valence-corrected chi connectivity index (χ2v) is 5.10. The Bertz CT molecular complexity index is 559. The Kier molecular flexibility index (Phi) is 2.98. The van der Waals surface area contributed by atoms with Crippen LogP contribution in [0.2, 0.25) is 0 Å². The Morgan fingerprint density at radius 3 is 2.53 bits per heavy atom. The molecule has 10 heteroatoms. The molecular weight excluding hydrogens is 296 g/mol. The number of nitro groups is 1. The molecule has 0 atom stereocenters. The van der Waals surface area contributed by atoms with Crippen LogP contribution in [0.15, 0.2) is 21.1 Å². The molecule has 90 valence electrons. The van der Waals surface area contributed by atoms with Crippen molar-refractivity contribution in [3.63, 3.8) is 0 Å². The fraction of sp³-hybridized carbons (Fsp3) is 0.143. The van der Waals surface area contributed by atoms with E-state index in [-0.39, 0.29) is 17.5 Å². The molecule has 0 amide bonds. The SMILES string of the molecule is O=[N+]([O-])c1ccc(-c2noc(C(Cl)(Cl)Cl)n2)o1. The number of hydrogen-bond donors (Lipinski definition) is 0. The first-order chi connectivity index (χ1) is 7.88. The number of hydrogen-bond acceptors (Lipinski definition) is 6. The van der Waals surface area contributed by atoms with Crippen molar-refractivity contribution in [2.75, 3.05) is 0 Å². The maximum absolute atomic E-state index is 10.4. The monoisotopic (exact) mass is 297 g/mol. The van der Waals surface area contributed by atoms with Gasteiger partial charge in [-0.05, 0) is 6.07 Å². The minimum atomic E-state index is -1.86. The zero-order valence-electron chi connectivity index (χ0n) is 7.76. The molecule has 0 fully saturated rings. The minimum Gasteiger partial charge on any atom is -0.397 e. The van der Waals surface area contributed by atoms with Gasteiger partial charge in [-0.15, -0.1) is 0 Å². The highest BCUT2D eigenvalue weighted by Gasteiger charge is 2.31. The van der Waals surface area contributed by atoms with Crippen molar-refractivity contribution in [2.45, 2.75) is 3.79 Å². The molecule has 0 aliphatic heterocycles. The molecule has 0 aliphatic carbocycles. The quantitative estimate of drug-likeness (QED) is 0.480. The lowest BCUT2D eigenvalue weighted by atomic mass is 10.4. The van der Waals surface area contributed by atoms with E-state index in [2.05, 4.69) is 14.7 Å². The Balaban J connectivity index is 2.34. The predicted molar refractivity (Wildman–Crippen MR) is 57.9 cm³/mol. The zero-order chi connectivity index (χ0) is 12.6. The van der Waals surface area contributed by atoms with Crippen molar-refractivity contribution in [3.05, 3.63) is 28.1 Å². The van der Waals surface area contributed by atoms with Crippen LogP contribution in [0.1, 0.15) is 5.89 Å². The summed E-state index contributed by atoms with van der Waals surface area (Å²) in [4.78, 5) is 13.4. The van der Waals surface area contributed by atoms with Crippen LogP contribution in [-0.4, -0.2) is 15.1 Å². The van der Waals surface area contributed by atoms with Gasteiger partial charge in [-0.3, -0.25) is 10.1 Å². The van der Waals surface area contributed by atoms with E-state index in [1.807, 2.05) is 0 Å². The van der Waals surface area contributed by atoms with Crippen LogP contribution in [0.4, 0.5) is 5.88 Å². The van der Waals surface area contributed by atoms with Crippen LogP contribution < -0.4 is 0 Å². The average molecular weight is 298 g/mol. The van der Waals surface area contributed by atoms with E-state index in [1.165, 1.54) is 6.07 Å². The molecular formula is C7H2Cl3N3O4. The number of rotatable bonds is 2. The summed E-state index contributed by atoms with van der Waals surface area (Å²) < 4.78 is 7.65. The van der Waals surface area contributed by atoms with Crippen LogP contribution in [-0.2, 0) is 3.79 Å². The molecule has 0 saturated carbocycles. The molecule has 2 aromatic heterocycles. The van der Waals surface area contributed by atoms with Gasteiger partial charge in [-0.25, -0.2) is 0 Å². The van der Waals surface area contributed by atoms with E-state index in [0.29, 0.717) is 0 Å². The van der Waals surface area contributed by atoms with Gasteiger partial charge in [-0.1, -0.05) is 40.0 Å². The van der Waals surface area contributed by atoms with Gasteiger partial charge in [0.2, 0.25) is 5.82 Å². The van der Waals surface area contributed by atoms with Crippen LogP contribution in [0.25, 0.3) is 11.6 Å². The molecule has 7 nitrogen and oxygen atoms in total. The minimum absolute atomic E-state index is 0.0422. The van der Waals surface area contributed by atoms with E-state index < -0.39 is 14.6 Å². The van der Waals surface area contributed by atoms with Crippen molar-refractivity contribution in [1.29, 1.82) is 0 Å². The highest BCUT2D eigenvalue weighted by Crippen LogP contribution is 2.37. The van der Waals surface area contributed by atoms with Crippen molar-refractivity contribution < 1.29 is 13.9 Å². The normalized spacial score (nSPS) is 11.7. The number of halogens is 3. The molecule has 0 aromatic carbocycles. The Labute approximate surface area is 108 Å². The van der Waals surface area contributed by atoms with Crippen LogP contribution in [0.5, 0.6) is 0 Å². The van der Waals surface area contributed by atoms with Gasteiger partial charge in [-0.2, -0.15) is 4.98 Å². The lowest BCUT2D eigenvalue weighted by molar-refractivity contribution is -0.401. The molecule has 0 unspecified atom stereocenters. The summed E-state index contributed by atoms with van der Waals surface area (Å²) >= 11 is 16.5. The lowest BCUT2D eigenvalue weighted by Gasteiger charge is -2.00. The van der Waals surface area contributed by atoms with Crippen LogP contribution in [0, 0.1) is 10.1 Å². The molecule has 0 bridgehead atoms. The second-order valence-electron chi connectivity index (χ2n) is 2.82. The maximum atomic E-state index is 10.4. The zero-order valence-corrected chi connectivity index (χ0v) is 10.0. The van der Waals surface area contributed by atoms with Crippen molar-refractivity contribution in [1.82, 2.24) is 10.1 Å². The van der Waals surface area contributed by atoms with Gasteiger partial charge >= 0.3 is 5.88 Å². The fourth-order valence-electron chi connectivity index (χ4n) is 0.985. The van der Waals surface area contributed by atoms with Crippen LogP contribution >= 0.6 is 34.8 Å². The fourth-order valence-corrected chi connectivity index (χ4v) is 1.21. The average Bonchev–Trinajstić information content (AvgIpc) is 2.85. The smallest absolute Gasteiger partial charge is 0.397 e. The third kappa shape index (κ3) is 2.51. The molecule has 0 spiro atoms. The Morgan fingerprint density at radius 1 is 1.35 bits per heavy atom. The molecule has 0 radical (unpaired) electrons. The largest absolute Gasteiger partial charge is 0.433 e. The third-order valence-electron chi connectivity index (χ3n) is 1.66. The van der Waals surface area contributed by atoms with E-state index >= 15 is 0 Å². The van der Waals surface area contributed by atoms with Gasteiger partial charge in [0, 0.05) is 0 Å². The van der Waals surface area contributed by atoms with Crippen LogP contribution in [0.3, 0.4) is 0 Å². The standard InChI is InChI=1S/C7H2Cl3N3O4/c8-7(9,10)6-11-5(12-17-6)3-1-2-4(16-3)13(14)15/h1-2H. The highest BCUT2D eigenvalue weighted by molar-refractivity contribution is 6.66. The molecule has 2 aromatic rings. The first-order valence-corrected chi connectivity index (χ1v) is 5.17. The summed E-state index contributed by atoms with van der Waals surface area (Å²) in [6, 6.07) is 2.46. The molecule has 0 aliphatic rings. The number of furan rings is 1. The van der Waals surface area contributed by atoms with Gasteiger partial charge in [0.15, 0.2) is 5.76 Å². The maximum Gasteiger partial charge on any atom is 0.433 e. The lowest BCUT2D eigenvalue weighted by Crippen LogP contribution is -1.99. The summed E-state index contributed by atoms with van der Waals surface area (Å²) in [7, 11) is 0. The first kappa shape index (κ1) is 12.2. The Morgan fingerprint density at radius 2 is 2.06 bits per heavy atom. The van der Waals surface area contributed by atoms with E-state index in [1.54, 1.807) is 0 Å². The second kappa shape index (κ2) is 4.17. The number of alkyl halides is 3. The molecule has 2 rings (SSSR count). The third-order valence-corrected chi connectivity index (χ3v) is 2.15. The van der Waals surface area contributed by atoms with Crippen molar-refractivity contribution in [2.24, 2.45) is 0 Å². The first-order valence-electron chi connectivity index (χ1n) is 4.03. The summed E-state index contributed by atoms with van der Waals surface area (Å²) in [6.45, 7) is 0. The summed E-state index contributed by atoms with van der Waals surface area (Å²) in [5, 5.41) is 13.9. The number of aromatic nitrogens is 2. The van der Waals surface area contributed by atoms with E-state index in [4.69, 9.17) is 39.2 Å². The molecule has 2 heterocycles. The number of nitrogens with zero attached hydrogens (tertiary/aromatic N) is 3. The van der Waals surface area contributed by atoms with Crippen molar-refractivity contribution >= 4 is 40.7 Å². The summed E-state index contributed by atoms with van der Waals surface area (Å²) in [6.07, 6.45) is 0.